The molecule has 0 unspecified atom stereocenters. The van der Waals surface area contributed by atoms with Crippen LogP contribution >= 0.6 is 0 Å². The lowest BCUT2D eigenvalue weighted by Crippen LogP contribution is -2.40. The highest BCUT2D eigenvalue weighted by Gasteiger charge is 2.26. The number of hydrogen-bond acceptors (Lipinski definition) is 5. The SMILES string of the molecule is CN(C(=O)CN1CCCCC1)c1ccc(N/C=C2\C(=O)NC(=O)c3ccccc32)cc1. The largest absolute Gasteiger partial charge is 0.361 e. The molecule has 1 fully saturated rings. The molecule has 0 spiro atoms. The Bertz CT molecular complexity index is 1020. The Morgan fingerprint density at radius 3 is 2.39 bits per heavy atom. The Balaban J connectivity index is 1.43. The van der Waals surface area contributed by atoms with Gasteiger partial charge >= 0.3 is 0 Å². The summed E-state index contributed by atoms with van der Waals surface area (Å²) in [6.45, 7) is 2.41. The van der Waals surface area contributed by atoms with Crippen molar-refractivity contribution in [2.75, 3.05) is 36.9 Å². The van der Waals surface area contributed by atoms with Crippen LogP contribution in [0.15, 0.2) is 54.7 Å². The Hall–Kier alpha value is -3.45. The number of likely N-dealkylation sites (N-methyl/N-ethyl adjacent to an activating group) is 1. The molecule has 0 aliphatic carbocycles. The van der Waals surface area contributed by atoms with Crippen LogP contribution in [-0.4, -0.2) is 49.3 Å². The summed E-state index contributed by atoms with van der Waals surface area (Å²) < 4.78 is 0. The molecule has 0 aromatic heterocycles. The van der Waals surface area contributed by atoms with Crippen LogP contribution in [0.2, 0.25) is 0 Å². The standard InChI is InChI=1S/C24H26N4O3/c1-27(22(29)16-28-13-5-2-6-14-28)18-11-9-17(10-12-18)25-15-21-19-7-3-4-8-20(19)23(30)26-24(21)31/h3-4,7-12,15,25H,2,5-6,13-14,16H2,1H3,(H,26,30,31)/b21-15-. The Kier molecular flexibility index (Phi) is 6.13. The first-order valence-corrected chi connectivity index (χ1v) is 10.5. The van der Waals surface area contributed by atoms with E-state index in [0.29, 0.717) is 23.2 Å². The van der Waals surface area contributed by atoms with Crippen molar-refractivity contribution in [2.24, 2.45) is 0 Å². The highest BCUT2D eigenvalue weighted by Crippen LogP contribution is 2.24. The molecule has 2 heterocycles. The first-order chi connectivity index (χ1) is 15.0. The molecule has 2 N–H and O–H groups in total. The monoisotopic (exact) mass is 418 g/mol. The lowest BCUT2D eigenvalue weighted by atomic mass is 9.96. The fraction of sp³-hybridized carbons (Fsp3) is 0.292. The van der Waals surface area contributed by atoms with E-state index in [-0.39, 0.29) is 11.8 Å². The lowest BCUT2D eigenvalue weighted by Gasteiger charge is -2.28. The van der Waals surface area contributed by atoms with Crippen LogP contribution in [0.5, 0.6) is 0 Å². The molecule has 2 aliphatic rings. The Morgan fingerprint density at radius 1 is 1.00 bits per heavy atom. The number of fused-ring (bicyclic) bond motifs is 1. The molecule has 7 nitrogen and oxygen atoms in total. The van der Waals surface area contributed by atoms with Crippen LogP contribution in [0.25, 0.3) is 5.57 Å². The highest BCUT2D eigenvalue weighted by atomic mass is 16.2. The van der Waals surface area contributed by atoms with Crippen LogP contribution in [0.4, 0.5) is 11.4 Å². The second-order valence-electron chi connectivity index (χ2n) is 7.87. The number of piperidine rings is 1. The van der Waals surface area contributed by atoms with E-state index in [1.165, 1.54) is 6.42 Å². The van der Waals surface area contributed by atoms with Gasteiger partial charge in [0.05, 0.1) is 12.1 Å². The molecule has 2 aromatic rings. The Morgan fingerprint density at radius 2 is 1.68 bits per heavy atom. The number of amides is 3. The Labute approximate surface area is 181 Å². The minimum absolute atomic E-state index is 0.0740. The molecule has 7 heteroatoms. The number of nitrogens with one attached hydrogen (secondary N) is 2. The van der Waals surface area contributed by atoms with Crippen molar-refractivity contribution >= 4 is 34.7 Å². The van der Waals surface area contributed by atoms with E-state index in [0.717, 1.165) is 37.3 Å². The summed E-state index contributed by atoms with van der Waals surface area (Å²) in [5.74, 6) is -0.750. The molecule has 1 saturated heterocycles. The van der Waals surface area contributed by atoms with Gasteiger partial charge < -0.3 is 10.2 Å². The van der Waals surface area contributed by atoms with Crippen LogP contribution < -0.4 is 15.5 Å². The van der Waals surface area contributed by atoms with Gasteiger partial charge in [0.2, 0.25) is 5.91 Å². The lowest BCUT2D eigenvalue weighted by molar-refractivity contribution is -0.119. The molecule has 160 valence electrons. The quantitative estimate of drug-likeness (QED) is 0.576. The van der Waals surface area contributed by atoms with E-state index in [1.54, 1.807) is 42.4 Å². The number of likely N-dealkylation sites (tertiary alicyclic amines) is 1. The molecule has 4 rings (SSSR count). The topological polar surface area (TPSA) is 81.8 Å². The summed E-state index contributed by atoms with van der Waals surface area (Å²) in [6, 6.07) is 14.5. The maximum atomic E-state index is 12.6. The van der Waals surface area contributed by atoms with E-state index < -0.39 is 5.91 Å². The fourth-order valence-electron chi connectivity index (χ4n) is 3.92. The van der Waals surface area contributed by atoms with Crippen molar-refractivity contribution in [3.05, 3.63) is 65.9 Å². The average molecular weight is 418 g/mol. The van der Waals surface area contributed by atoms with Crippen molar-refractivity contribution in [3.63, 3.8) is 0 Å². The van der Waals surface area contributed by atoms with Crippen LogP contribution in [0.3, 0.4) is 0 Å². The summed E-state index contributed by atoms with van der Waals surface area (Å²) in [5, 5.41) is 5.47. The van der Waals surface area contributed by atoms with Crippen LogP contribution in [0.1, 0.15) is 35.2 Å². The number of anilines is 2. The van der Waals surface area contributed by atoms with Gasteiger partial charge in [0.25, 0.3) is 11.8 Å². The molecule has 31 heavy (non-hydrogen) atoms. The zero-order valence-electron chi connectivity index (χ0n) is 17.6. The molecular weight excluding hydrogens is 392 g/mol. The highest BCUT2D eigenvalue weighted by molar-refractivity contribution is 6.31. The zero-order valence-corrected chi connectivity index (χ0v) is 17.6. The molecule has 2 aromatic carbocycles. The third-order valence-corrected chi connectivity index (χ3v) is 5.75. The van der Waals surface area contributed by atoms with Crippen molar-refractivity contribution < 1.29 is 14.4 Å². The predicted octanol–water partition coefficient (Wildman–Crippen LogP) is 2.86. The van der Waals surface area contributed by atoms with Gasteiger partial charge in [0, 0.05) is 35.7 Å². The van der Waals surface area contributed by atoms with Gasteiger partial charge in [-0.1, -0.05) is 24.6 Å². The smallest absolute Gasteiger partial charge is 0.260 e. The number of nitrogens with zero attached hydrogens (tertiary/aromatic N) is 2. The molecule has 0 bridgehead atoms. The third-order valence-electron chi connectivity index (χ3n) is 5.75. The van der Waals surface area contributed by atoms with Crippen molar-refractivity contribution in [1.29, 1.82) is 0 Å². The van der Waals surface area contributed by atoms with E-state index >= 15 is 0 Å². The van der Waals surface area contributed by atoms with Gasteiger partial charge in [-0.25, -0.2) is 0 Å². The normalized spacial score (nSPS) is 17.8. The van der Waals surface area contributed by atoms with Crippen LogP contribution in [0, 0.1) is 0 Å². The third kappa shape index (κ3) is 4.67. The van der Waals surface area contributed by atoms with Crippen LogP contribution in [-0.2, 0) is 9.59 Å². The number of carbonyl (C=O) groups is 3. The molecule has 0 radical (unpaired) electrons. The molecular formula is C24H26N4O3. The van der Waals surface area contributed by atoms with Gasteiger partial charge in [-0.15, -0.1) is 0 Å². The number of benzene rings is 2. The van der Waals surface area contributed by atoms with Gasteiger partial charge in [0.1, 0.15) is 0 Å². The minimum Gasteiger partial charge on any atom is -0.361 e. The number of carbonyl (C=O) groups excluding carboxylic acids is 3. The summed E-state index contributed by atoms with van der Waals surface area (Å²) in [4.78, 5) is 40.7. The second kappa shape index (κ2) is 9.14. The maximum Gasteiger partial charge on any atom is 0.260 e. The molecule has 3 amide bonds. The fourth-order valence-corrected chi connectivity index (χ4v) is 3.92. The van der Waals surface area contributed by atoms with Crippen molar-refractivity contribution in [1.82, 2.24) is 10.2 Å². The average Bonchev–Trinajstić information content (AvgIpc) is 2.79. The van der Waals surface area contributed by atoms with Gasteiger partial charge in [-0.05, 0) is 56.3 Å². The van der Waals surface area contributed by atoms with E-state index in [4.69, 9.17) is 0 Å². The molecule has 0 saturated carbocycles. The first kappa shape index (κ1) is 20.8. The number of hydrogen-bond donors (Lipinski definition) is 2. The summed E-state index contributed by atoms with van der Waals surface area (Å²) in [7, 11) is 1.79. The predicted molar refractivity (Wildman–Crippen MR) is 121 cm³/mol. The number of imide groups is 1. The van der Waals surface area contributed by atoms with Gasteiger partial charge in [-0.3, -0.25) is 24.6 Å². The first-order valence-electron chi connectivity index (χ1n) is 10.5. The summed E-state index contributed by atoms with van der Waals surface area (Å²) in [6.07, 6.45) is 5.16. The second-order valence-corrected chi connectivity index (χ2v) is 7.87. The van der Waals surface area contributed by atoms with Gasteiger partial charge in [-0.2, -0.15) is 0 Å². The molecule has 0 atom stereocenters. The van der Waals surface area contributed by atoms with Crippen molar-refractivity contribution in [2.45, 2.75) is 19.3 Å². The minimum atomic E-state index is -0.434. The maximum absolute atomic E-state index is 12.6. The zero-order chi connectivity index (χ0) is 21.8. The molecule has 2 aliphatic heterocycles. The number of rotatable bonds is 5. The van der Waals surface area contributed by atoms with E-state index in [2.05, 4.69) is 15.5 Å². The van der Waals surface area contributed by atoms with Crippen molar-refractivity contribution in [3.8, 4) is 0 Å². The van der Waals surface area contributed by atoms with E-state index in [9.17, 15) is 14.4 Å². The van der Waals surface area contributed by atoms with Gasteiger partial charge in [0.15, 0.2) is 0 Å². The summed E-state index contributed by atoms with van der Waals surface area (Å²) >= 11 is 0. The van der Waals surface area contributed by atoms with E-state index in [1.807, 2.05) is 24.3 Å². The summed E-state index contributed by atoms with van der Waals surface area (Å²) in [5.41, 5.74) is 3.05.